The molecule has 21 heavy (non-hydrogen) atoms. The first-order chi connectivity index (χ1) is 10.0. The van der Waals surface area contributed by atoms with Crippen molar-refractivity contribution in [3.05, 3.63) is 51.7 Å². The maximum atomic E-state index is 12.2. The number of methoxy groups -OCH3 is 1. The third kappa shape index (κ3) is 3.49. The van der Waals surface area contributed by atoms with Crippen molar-refractivity contribution < 1.29 is 14.3 Å². The molecule has 1 aromatic carbocycles. The van der Waals surface area contributed by atoms with Crippen molar-refractivity contribution in [3.63, 3.8) is 0 Å². The molecule has 0 fully saturated rings. The lowest BCUT2D eigenvalue weighted by atomic mass is 10.1. The molecular weight excluding hydrogens is 286 g/mol. The Labute approximate surface area is 127 Å². The number of ether oxygens (including phenoxy) is 1. The predicted molar refractivity (Wildman–Crippen MR) is 83.2 cm³/mol. The van der Waals surface area contributed by atoms with Crippen molar-refractivity contribution in [2.45, 2.75) is 19.9 Å². The van der Waals surface area contributed by atoms with Gasteiger partial charge in [0.15, 0.2) is 5.78 Å². The largest absolute Gasteiger partial charge is 0.496 e. The number of carbonyl (C=O) groups excluding carboxylic acids is 2. The van der Waals surface area contributed by atoms with Crippen LogP contribution < -0.4 is 10.1 Å². The molecule has 0 aliphatic rings. The molecule has 0 saturated heterocycles. The molecule has 2 aromatic rings. The van der Waals surface area contributed by atoms with Crippen LogP contribution in [0, 0.1) is 0 Å². The van der Waals surface area contributed by atoms with Gasteiger partial charge in [-0.05, 0) is 32.0 Å². The summed E-state index contributed by atoms with van der Waals surface area (Å²) in [6.07, 6.45) is 0. The van der Waals surface area contributed by atoms with Crippen LogP contribution in [0.5, 0.6) is 5.75 Å². The minimum Gasteiger partial charge on any atom is -0.496 e. The Balaban J connectivity index is 2.13. The van der Waals surface area contributed by atoms with E-state index in [0.717, 1.165) is 11.3 Å². The number of carbonyl (C=O) groups is 2. The van der Waals surface area contributed by atoms with Crippen LogP contribution in [0.1, 0.15) is 44.8 Å². The smallest absolute Gasteiger partial charge is 0.261 e. The second-order valence-corrected chi connectivity index (χ2v) is 5.74. The zero-order valence-corrected chi connectivity index (χ0v) is 13.0. The molecule has 1 amide bonds. The van der Waals surface area contributed by atoms with Gasteiger partial charge in [-0.2, -0.15) is 0 Å². The Morgan fingerprint density at radius 3 is 2.43 bits per heavy atom. The van der Waals surface area contributed by atoms with E-state index in [1.54, 1.807) is 19.2 Å². The van der Waals surface area contributed by atoms with Gasteiger partial charge in [-0.25, -0.2) is 0 Å². The van der Waals surface area contributed by atoms with Crippen molar-refractivity contribution in [1.29, 1.82) is 0 Å². The molecule has 1 aromatic heterocycles. The number of para-hydroxylation sites is 1. The summed E-state index contributed by atoms with van der Waals surface area (Å²) in [7, 11) is 1.60. The summed E-state index contributed by atoms with van der Waals surface area (Å²) < 4.78 is 5.30. The summed E-state index contributed by atoms with van der Waals surface area (Å²) in [5, 5.41) is 2.92. The molecule has 0 spiro atoms. The number of hydrogen-bond donors (Lipinski definition) is 1. The second-order valence-electron chi connectivity index (χ2n) is 4.66. The number of amides is 1. The Morgan fingerprint density at radius 1 is 1.14 bits per heavy atom. The highest BCUT2D eigenvalue weighted by Gasteiger charge is 2.16. The van der Waals surface area contributed by atoms with Crippen LogP contribution in [0.15, 0.2) is 36.4 Å². The zero-order valence-electron chi connectivity index (χ0n) is 12.2. The van der Waals surface area contributed by atoms with E-state index in [2.05, 4.69) is 5.32 Å². The van der Waals surface area contributed by atoms with Crippen LogP contribution >= 0.6 is 11.3 Å². The maximum Gasteiger partial charge on any atom is 0.261 e. The molecule has 0 bridgehead atoms. The molecular formula is C16H17NO3S. The molecule has 1 N–H and O–H groups in total. The summed E-state index contributed by atoms with van der Waals surface area (Å²) in [6.45, 7) is 3.39. The summed E-state index contributed by atoms with van der Waals surface area (Å²) >= 11 is 1.20. The summed E-state index contributed by atoms with van der Waals surface area (Å²) in [6, 6.07) is 10.7. The average Bonchev–Trinajstić information content (AvgIpc) is 2.97. The molecule has 0 aliphatic heterocycles. The van der Waals surface area contributed by atoms with Gasteiger partial charge in [0, 0.05) is 5.56 Å². The molecule has 2 rings (SSSR count). The first-order valence-corrected chi connectivity index (χ1v) is 7.39. The third-order valence-corrected chi connectivity index (χ3v) is 4.31. The van der Waals surface area contributed by atoms with Crippen molar-refractivity contribution in [1.82, 2.24) is 5.32 Å². The number of nitrogens with one attached hydrogen (secondary N) is 1. The number of ketones is 1. The monoisotopic (exact) mass is 303 g/mol. The lowest BCUT2D eigenvalue weighted by molar-refractivity contribution is 0.0943. The molecule has 0 unspecified atom stereocenters. The van der Waals surface area contributed by atoms with Crippen LogP contribution in [0.2, 0.25) is 0 Å². The Bertz CT molecular complexity index is 663. The first kappa shape index (κ1) is 15.3. The van der Waals surface area contributed by atoms with Crippen LogP contribution in [-0.4, -0.2) is 18.8 Å². The van der Waals surface area contributed by atoms with Crippen LogP contribution in [0.3, 0.4) is 0 Å². The summed E-state index contributed by atoms with van der Waals surface area (Å²) in [4.78, 5) is 24.6. The predicted octanol–water partition coefficient (Wildman–Crippen LogP) is 3.45. The van der Waals surface area contributed by atoms with Gasteiger partial charge in [0.1, 0.15) is 5.75 Å². The summed E-state index contributed by atoms with van der Waals surface area (Å²) in [5.41, 5.74) is 0.914. The lowest BCUT2D eigenvalue weighted by Gasteiger charge is -2.16. The maximum absolute atomic E-state index is 12.2. The van der Waals surface area contributed by atoms with E-state index in [9.17, 15) is 9.59 Å². The minimum absolute atomic E-state index is 0.0307. The fraction of sp³-hybridized carbons (Fsp3) is 0.250. The van der Waals surface area contributed by atoms with Crippen molar-refractivity contribution in [3.8, 4) is 5.75 Å². The molecule has 4 nitrogen and oxygen atoms in total. The van der Waals surface area contributed by atoms with E-state index < -0.39 is 0 Å². The molecule has 0 radical (unpaired) electrons. The van der Waals surface area contributed by atoms with Gasteiger partial charge in [-0.1, -0.05) is 18.2 Å². The quantitative estimate of drug-likeness (QED) is 0.861. The average molecular weight is 303 g/mol. The van der Waals surface area contributed by atoms with Crippen LogP contribution in [0.4, 0.5) is 0 Å². The molecule has 1 atom stereocenters. The van der Waals surface area contributed by atoms with Gasteiger partial charge in [-0.15, -0.1) is 11.3 Å². The van der Waals surface area contributed by atoms with Crippen molar-refractivity contribution in [2.75, 3.05) is 7.11 Å². The Kier molecular flexibility index (Phi) is 4.75. The fourth-order valence-corrected chi connectivity index (χ4v) is 2.82. The number of thiophene rings is 1. The standard InChI is InChI=1S/C16H17NO3S/c1-10(12-6-4-5-7-13(12)20-3)17-16(19)15-9-8-14(21-15)11(2)18/h4-10H,1-3H3,(H,17,19)/t10-/m0/s1. The fourth-order valence-electron chi connectivity index (χ4n) is 2.02. The highest BCUT2D eigenvalue weighted by atomic mass is 32.1. The normalized spacial score (nSPS) is 11.8. The van der Waals surface area contributed by atoms with Gasteiger partial charge in [0.25, 0.3) is 5.91 Å². The van der Waals surface area contributed by atoms with E-state index in [-0.39, 0.29) is 17.7 Å². The van der Waals surface area contributed by atoms with Gasteiger partial charge >= 0.3 is 0 Å². The van der Waals surface area contributed by atoms with E-state index in [1.165, 1.54) is 18.3 Å². The van der Waals surface area contributed by atoms with E-state index in [1.807, 2.05) is 31.2 Å². The van der Waals surface area contributed by atoms with E-state index in [0.29, 0.717) is 9.75 Å². The highest BCUT2D eigenvalue weighted by Crippen LogP contribution is 2.25. The molecule has 5 heteroatoms. The Hall–Kier alpha value is -2.14. The van der Waals surface area contributed by atoms with Gasteiger partial charge in [0.2, 0.25) is 0 Å². The number of Topliss-reactive ketones (excluding diaryl/α,β-unsaturated/α-hetero) is 1. The van der Waals surface area contributed by atoms with E-state index in [4.69, 9.17) is 4.74 Å². The first-order valence-electron chi connectivity index (χ1n) is 6.57. The van der Waals surface area contributed by atoms with Gasteiger partial charge < -0.3 is 10.1 Å². The minimum atomic E-state index is -0.189. The molecule has 0 saturated carbocycles. The molecule has 0 aliphatic carbocycles. The van der Waals surface area contributed by atoms with Crippen molar-refractivity contribution >= 4 is 23.0 Å². The SMILES string of the molecule is COc1ccccc1[C@H](C)NC(=O)c1ccc(C(C)=O)s1. The number of hydrogen-bond acceptors (Lipinski definition) is 4. The number of rotatable bonds is 5. The zero-order chi connectivity index (χ0) is 15.4. The summed E-state index contributed by atoms with van der Waals surface area (Å²) in [5.74, 6) is 0.517. The van der Waals surface area contributed by atoms with Crippen molar-refractivity contribution in [2.24, 2.45) is 0 Å². The molecule has 1 heterocycles. The molecule has 110 valence electrons. The van der Waals surface area contributed by atoms with Crippen LogP contribution in [0.25, 0.3) is 0 Å². The van der Waals surface area contributed by atoms with E-state index >= 15 is 0 Å². The third-order valence-electron chi connectivity index (χ3n) is 3.13. The number of benzene rings is 1. The second kappa shape index (κ2) is 6.54. The topological polar surface area (TPSA) is 55.4 Å². The lowest BCUT2D eigenvalue weighted by Crippen LogP contribution is -2.26. The van der Waals surface area contributed by atoms with Crippen LogP contribution in [-0.2, 0) is 0 Å². The van der Waals surface area contributed by atoms with Gasteiger partial charge in [0.05, 0.1) is 22.9 Å². The highest BCUT2D eigenvalue weighted by molar-refractivity contribution is 7.15. The van der Waals surface area contributed by atoms with Gasteiger partial charge in [-0.3, -0.25) is 9.59 Å². The Morgan fingerprint density at radius 2 is 1.81 bits per heavy atom.